The number of rotatable bonds is 2. The SMILES string of the molecule is NC(=O)Nc1ccc(C2CC(=O)Nc3[nH]ncc32)cc1. The number of hydrogen-bond acceptors (Lipinski definition) is 3. The van der Waals surface area contributed by atoms with Gasteiger partial charge >= 0.3 is 6.03 Å². The van der Waals surface area contributed by atoms with Gasteiger partial charge in [-0.3, -0.25) is 9.89 Å². The van der Waals surface area contributed by atoms with E-state index in [9.17, 15) is 9.59 Å². The van der Waals surface area contributed by atoms with Crippen molar-refractivity contribution in [3.8, 4) is 0 Å². The van der Waals surface area contributed by atoms with Crippen LogP contribution in [0, 0.1) is 0 Å². The zero-order valence-corrected chi connectivity index (χ0v) is 10.5. The predicted octanol–water partition coefficient (Wildman–Crippen LogP) is 1.37. The number of carbonyl (C=O) groups is 2. The molecule has 1 aliphatic rings. The third kappa shape index (κ3) is 2.20. The minimum absolute atomic E-state index is 0.0415. The number of nitrogens with two attached hydrogens (primary N) is 1. The maximum absolute atomic E-state index is 11.7. The van der Waals surface area contributed by atoms with Crippen LogP contribution in [0.3, 0.4) is 0 Å². The number of carbonyl (C=O) groups excluding carboxylic acids is 2. The van der Waals surface area contributed by atoms with E-state index in [1.165, 1.54) is 0 Å². The van der Waals surface area contributed by atoms with Crippen molar-refractivity contribution in [2.75, 3.05) is 10.6 Å². The summed E-state index contributed by atoms with van der Waals surface area (Å²) in [6, 6.07) is 6.64. The minimum Gasteiger partial charge on any atom is -0.351 e. The molecule has 0 aliphatic carbocycles. The minimum atomic E-state index is -0.605. The lowest BCUT2D eigenvalue weighted by Crippen LogP contribution is -2.23. The van der Waals surface area contributed by atoms with E-state index >= 15 is 0 Å². The predicted molar refractivity (Wildman–Crippen MR) is 73.3 cm³/mol. The van der Waals surface area contributed by atoms with Gasteiger partial charge in [-0.2, -0.15) is 5.10 Å². The number of urea groups is 1. The smallest absolute Gasteiger partial charge is 0.316 e. The number of fused-ring (bicyclic) bond motifs is 1. The molecule has 0 radical (unpaired) electrons. The summed E-state index contributed by atoms with van der Waals surface area (Å²) in [5.74, 6) is 0.553. The molecule has 0 saturated heterocycles. The average Bonchev–Trinajstić information content (AvgIpc) is 2.86. The lowest BCUT2D eigenvalue weighted by atomic mass is 9.87. The Labute approximate surface area is 114 Å². The highest BCUT2D eigenvalue weighted by Crippen LogP contribution is 2.35. The Balaban J connectivity index is 1.90. The van der Waals surface area contributed by atoms with E-state index in [4.69, 9.17) is 5.73 Å². The number of amides is 3. The number of H-pyrrole nitrogens is 1. The van der Waals surface area contributed by atoms with Crippen LogP contribution in [0.1, 0.15) is 23.5 Å². The summed E-state index contributed by atoms with van der Waals surface area (Å²) >= 11 is 0. The lowest BCUT2D eigenvalue weighted by Gasteiger charge is -2.22. The summed E-state index contributed by atoms with van der Waals surface area (Å²) in [6.07, 6.45) is 2.09. The molecule has 0 saturated carbocycles. The van der Waals surface area contributed by atoms with Gasteiger partial charge < -0.3 is 16.4 Å². The topological polar surface area (TPSA) is 113 Å². The molecule has 1 aliphatic heterocycles. The summed E-state index contributed by atoms with van der Waals surface area (Å²) in [5.41, 5.74) is 7.62. The van der Waals surface area contributed by atoms with Gasteiger partial charge in [-0.1, -0.05) is 12.1 Å². The fourth-order valence-electron chi connectivity index (χ4n) is 2.38. The van der Waals surface area contributed by atoms with Crippen LogP contribution in [0.15, 0.2) is 30.5 Å². The van der Waals surface area contributed by atoms with Gasteiger partial charge in [0.25, 0.3) is 0 Å². The molecule has 3 amide bonds. The fraction of sp³-hybridized carbons (Fsp3) is 0.154. The zero-order chi connectivity index (χ0) is 14.1. The number of aromatic nitrogens is 2. The Morgan fingerprint density at radius 3 is 2.80 bits per heavy atom. The standard InChI is InChI=1S/C13H13N5O2/c14-13(20)16-8-3-1-7(2-4-8)9-5-11(19)17-12-10(9)6-15-18-12/h1-4,6,9H,5H2,(H3,14,16,20)(H2,15,17,18,19). The first-order chi connectivity index (χ1) is 9.63. The molecule has 1 aromatic heterocycles. The molecule has 102 valence electrons. The first kappa shape index (κ1) is 12.2. The van der Waals surface area contributed by atoms with E-state index < -0.39 is 6.03 Å². The molecule has 1 unspecified atom stereocenters. The van der Waals surface area contributed by atoms with Crippen molar-refractivity contribution >= 4 is 23.4 Å². The van der Waals surface area contributed by atoms with Gasteiger partial charge in [0.2, 0.25) is 5.91 Å². The van der Waals surface area contributed by atoms with Gasteiger partial charge in [0.15, 0.2) is 0 Å². The second-order valence-corrected chi connectivity index (χ2v) is 4.62. The quantitative estimate of drug-likeness (QED) is 0.661. The summed E-state index contributed by atoms with van der Waals surface area (Å²) < 4.78 is 0. The summed E-state index contributed by atoms with van der Waals surface area (Å²) in [7, 11) is 0. The summed E-state index contributed by atoms with van der Waals surface area (Å²) in [6.45, 7) is 0. The Bertz CT molecular complexity index is 662. The first-order valence-electron chi connectivity index (χ1n) is 6.13. The van der Waals surface area contributed by atoms with E-state index in [2.05, 4.69) is 20.8 Å². The molecule has 2 heterocycles. The van der Waals surface area contributed by atoms with Gasteiger partial charge in [0.05, 0.1) is 6.20 Å². The van der Waals surface area contributed by atoms with Crippen LogP contribution >= 0.6 is 0 Å². The molecule has 7 heteroatoms. The second kappa shape index (κ2) is 4.69. The Hall–Kier alpha value is -2.83. The van der Waals surface area contributed by atoms with Crippen LogP contribution in [0.5, 0.6) is 0 Å². The van der Waals surface area contributed by atoms with Crippen LogP contribution in [0.2, 0.25) is 0 Å². The number of aromatic amines is 1. The van der Waals surface area contributed by atoms with Gasteiger partial charge in [-0.05, 0) is 17.7 Å². The molecular weight excluding hydrogens is 258 g/mol. The number of hydrogen-bond donors (Lipinski definition) is 4. The Kier molecular flexibility index (Phi) is 2.86. The summed E-state index contributed by atoms with van der Waals surface area (Å²) in [4.78, 5) is 22.5. The third-order valence-electron chi connectivity index (χ3n) is 3.28. The van der Waals surface area contributed by atoms with Gasteiger partial charge in [-0.25, -0.2) is 4.79 Å². The molecule has 0 bridgehead atoms. The maximum atomic E-state index is 11.7. The zero-order valence-electron chi connectivity index (χ0n) is 10.5. The van der Waals surface area contributed by atoms with E-state index in [-0.39, 0.29) is 11.8 Å². The Morgan fingerprint density at radius 2 is 2.10 bits per heavy atom. The molecule has 1 atom stereocenters. The van der Waals surface area contributed by atoms with Crippen LogP contribution in [-0.4, -0.2) is 22.1 Å². The number of primary amides is 1. The average molecular weight is 271 g/mol. The monoisotopic (exact) mass is 271 g/mol. The van der Waals surface area contributed by atoms with Gasteiger partial charge in [0.1, 0.15) is 5.82 Å². The maximum Gasteiger partial charge on any atom is 0.316 e. The van der Waals surface area contributed by atoms with E-state index in [1.54, 1.807) is 18.3 Å². The van der Waals surface area contributed by atoms with E-state index in [0.717, 1.165) is 11.1 Å². The van der Waals surface area contributed by atoms with Crippen molar-refractivity contribution in [1.29, 1.82) is 0 Å². The number of benzene rings is 1. The largest absolute Gasteiger partial charge is 0.351 e. The van der Waals surface area contributed by atoms with E-state index in [0.29, 0.717) is 17.9 Å². The van der Waals surface area contributed by atoms with Crippen molar-refractivity contribution in [2.45, 2.75) is 12.3 Å². The van der Waals surface area contributed by atoms with Gasteiger partial charge in [0, 0.05) is 23.6 Å². The molecule has 3 rings (SSSR count). The lowest BCUT2D eigenvalue weighted by molar-refractivity contribution is -0.116. The molecule has 7 nitrogen and oxygen atoms in total. The molecule has 0 fully saturated rings. The highest BCUT2D eigenvalue weighted by atomic mass is 16.2. The molecule has 20 heavy (non-hydrogen) atoms. The number of anilines is 2. The van der Waals surface area contributed by atoms with Crippen molar-refractivity contribution in [2.24, 2.45) is 5.73 Å². The van der Waals surface area contributed by atoms with Crippen molar-refractivity contribution in [3.63, 3.8) is 0 Å². The normalized spacial score (nSPS) is 17.2. The molecule has 0 spiro atoms. The second-order valence-electron chi connectivity index (χ2n) is 4.62. The molecule has 1 aromatic carbocycles. The third-order valence-corrected chi connectivity index (χ3v) is 3.28. The Morgan fingerprint density at radius 1 is 1.35 bits per heavy atom. The van der Waals surface area contributed by atoms with Crippen LogP contribution in [0.25, 0.3) is 0 Å². The first-order valence-corrected chi connectivity index (χ1v) is 6.13. The van der Waals surface area contributed by atoms with E-state index in [1.807, 2.05) is 12.1 Å². The van der Waals surface area contributed by atoms with Crippen molar-refractivity contribution in [3.05, 3.63) is 41.6 Å². The fourth-order valence-corrected chi connectivity index (χ4v) is 2.38. The van der Waals surface area contributed by atoms with Crippen LogP contribution in [-0.2, 0) is 4.79 Å². The van der Waals surface area contributed by atoms with Crippen LogP contribution < -0.4 is 16.4 Å². The highest BCUT2D eigenvalue weighted by molar-refractivity contribution is 5.94. The number of nitrogens with zero attached hydrogens (tertiary/aromatic N) is 1. The highest BCUT2D eigenvalue weighted by Gasteiger charge is 2.27. The number of nitrogens with one attached hydrogen (secondary N) is 3. The molecule has 2 aromatic rings. The summed E-state index contributed by atoms with van der Waals surface area (Å²) in [5, 5.41) is 12.0. The molecular formula is C13H13N5O2. The van der Waals surface area contributed by atoms with Crippen LogP contribution in [0.4, 0.5) is 16.3 Å². The van der Waals surface area contributed by atoms with Gasteiger partial charge in [-0.15, -0.1) is 0 Å². The van der Waals surface area contributed by atoms with Crippen molar-refractivity contribution in [1.82, 2.24) is 10.2 Å². The molecule has 5 N–H and O–H groups in total. The van der Waals surface area contributed by atoms with Crippen molar-refractivity contribution < 1.29 is 9.59 Å².